The number of carboxylic acids is 1. The summed E-state index contributed by atoms with van der Waals surface area (Å²) >= 11 is 0. The molecule has 0 aliphatic heterocycles. The van der Waals surface area contributed by atoms with Crippen molar-refractivity contribution in [1.29, 1.82) is 0 Å². The largest absolute Gasteiger partial charge is 0.497 e. The van der Waals surface area contributed by atoms with Crippen LogP contribution in [0.15, 0.2) is 12.1 Å². The molecule has 1 aromatic carbocycles. The Hall–Kier alpha value is -2.04. The fraction of sp³-hybridized carbons (Fsp3) is 0.529. The number of carboxylic acid groups (broad SMARTS) is 1. The van der Waals surface area contributed by atoms with Crippen molar-refractivity contribution in [3.8, 4) is 5.75 Å². The average molecular weight is 307 g/mol. The van der Waals surface area contributed by atoms with E-state index in [0.717, 1.165) is 18.6 Å². The summed E-state index contributed by atoms with van der Waals surface area (Å²) in [5.41, 5.74) is 3.59. The fourth-order valence-corrected chi connectivity index (χ4v) is 2.46. The van der Waals surface area contributed by atoms with E-state index in [1.807, 2.05) is 26.0 Å². The minimum Gasteiger partial charge on any atom is -0.497 e. The maximum absolute atomic E-state index is 11.9. The molecule has 5 nitrogen and oxygen atoms in total. The van der Waals surface area contributed by atoms with E-state index in [1.165, 1.54) is 21.6 Å². The first-order valence-electron chi connectivity index (χ1n) is 7.45. The summed E-state index contributed by atoms with van der Waals surface area (Å²) in [5, 5.41) is 8.62. The Kier molecular flexibility index (Phi) is 6.89. The molecular weight excluding hydrogens is 282 g/mol. The van der Waals surface area contributed by atoms with E-state index >= 15 is 0 Å². The lowest BCUT2D eigenvalue weighted by atomic mass is 9.97. The van der Waals surface area contributed by atoms with Gasteiger partial charge in [-0.3, -0.25) is 9.59 Å². The third-order valence-corrected chi connectivity index (χ3v) is 3.81. The summed E-state index contributed by atoms with van der Waals surface area (Å²) in [6, 6.07) is 4.01. The van der Waals surface area contributed by atoms with E-state index in [-0.39, 0.29) is 18.9 Å². The Morgan fingerprint density at radius 2 is 1.77 bits per heavy atom. The molecule has 0 heterocycles. The van der Waals surface area contributed by atoms with Gasteiger partial charge in [-0.1, -0.05) is 0 Å². The van der Waals surface area contributed by atoms with Crippen LogP contribution in [0.3, 0.4) is 0 Å². The zero-order valence-corrected chi connectivity index (χ0v) is 13.8. The van der Waals surface area contributed by atoms with Crippen molar-refractivity contribution >= 4 is 11.9 Å². The number of carbonyl (C=O) groups excluding carboxylic acids is 1. The highest BCUT2D eigenvalue weighted by Crippen LogP contribution is 2.23. The molecule has 1 N–H and O–H groups in total. The minimum absolute atomic E-state index is 0.00920. The van der Waals surface area contributed by atoms with Crippen LogP contribution in [0.25, 0.3) is 0 Å². The molecular formula is C17H25NO4. The Bertz CT molecular complexity index is 516. The molecule has 0 aliphatic rings. The van der Waals surface area contributed by atoms with Gasteiger partial charge in [-0.25, -0.2) is 0 Å². The summed E-state index contributed by atoms with van der Waals surface area (Å²) in [5.74, 6) is -0.0440. The third-order valence-electron chi connectivity index (χ3n) is 3.81. The second-order valence-corrected chi connectivity index (χ2v) is 5.55. The van der Waals surface area contributed by atoms with E-state index in [4.69, 9.17) is 9.84 Å². The number of aliphatic carboxylic acids is 1. The molecule has 122 valence electrons. The number of nitrogens with zero attached hydrogens (tertiary/aromatic N) is 1. The first-order chi connectivity index (χ1) is 10.3. The average Bonchev–Trinajstić information content (AvgIpc) is 2.46. The topological polar surface area (TPSA) is 66.8 Å². The van der Waals surface area contributed by atoms with Gasteiger partial charge in [0.1, 0.15) is 5.75 Å². The van der Waals surface area contributed by atoms with Crippen molar-refractivity contribution in [2.75, 3.05) is 20.7 Å². The molecule has 0 spiro atoms. The number of hydrogen-bond acceptors (Lipinski definition) is 3. The monoisotopic (exact) mass is 307 g/mol. The molecule has 22 heavy (non-hydrogen) atoms. The zero-order chi connectivity index (χ0) is 16.7. The van der Waals surface area contributed by atoms with Crippen LogP contribution < -0.4 is 4.74 Å². The van der Waals surface area contributed by atoms with Gasteiger partial charge in [0.25, 0.3) is 0 Å². The van der Waals surface area contributed by atoms with Crippen LogP contribution in [0, 0.1) is 13.8 Å². The predicted octanol–water partition coefficient (Wildman–Crippen LogP) is 2.57. The SMILES string of the molecule is COc1cc(C)c(CCCC(=O)N(C)CCC(=O)O)c(C)c1. The lowest BCUT2D eigenvalue weighted by Crippen LogP contribution is -2.28. The first-order valence-corrected chi connectivity index (χ1v) is 7.45. The zero-order valence-electron chi connectivity index (χ0n) is 13.8. The summed E-state index contributed by atoms with van der Waals surface area (Å²) < 4.78 is 5.24. The first kappa shape index (κ1) is 18.0. The van der Waals surface area contributed by atoms with Gasteiger partial charge in [-0.05, 0) is 55.5 Å². The van der Waals surface area contributed by atoms with Crippen LogP contribution >= 0.6 is 0 Å². The summed E-state index contributed by atoms with van der Waals surface area (Å²) in [4.78, 5) is 23.9. The highest BCUT2D eigenvalue weighted by molar-refractivity contribution is 5.76. The number of ether oxygens (including phenoxy) is 1. The van der Waals surface area contributed by atoms with Gasteiger partial charge >= 0.3 is 5.97 Å². The Morgan fingerprint density at radius 1 is 1.18 bits per heavy atom. The second kappa shape index (κ2) is 8.41. The Morgan fingerprint density at radius 3 is 2.27 bits per heavy atom. The van der Waals surface area contributed by atoms with Crippen molar-refractivity contribution < 1.29 is 19.4 Å². The lowest BCUT2D eigenvalue weighted by Gasteiger charge is -2.16. The van der Waals surface area contributed by atoms with Crippen LogP contribution in [0.5, 0.6) is 5.75 Å². The number of aryl methyl sites for hydroxylation is 2. The van der Waals surface area contributed by atoms with Crippen LogP contribution in [-0.2, 0) is 16.0 Å². The molecule has 1 aromatic rings. The number of benzene rings is 1. The van der Waals surface area contributed by atoms with E-state index in [9.17, 15) is 9.59 Å². The molecule has 1 rings (SSSR count). The number of amides is 1. The normalized spacial score (nSPS) is 10.4. The molecule has 5 heteroatoms. The number of carbonyl (C=O) groups is 2. The summed E-state index contributed by atoms with van der Waals surface area (Å²) in [6.07, 6.45) is 2.00. The quantitative estimate of drug-likeness (QED) is 0.801. The van der Waals surface area contributed by atoms with Crippen molar-refractivity contribution in [2.24, 2.45) is 0 Å². The van der Waals surface area contributed by atoms with Crippen molar-refractivity contribution in [3.05, 3.63) is 28.8 Å². The fourth-order valence-electron chi connectivity index (χ4n) is 2.46. The molecule has 1 amide bonds. The molecule has 0 aromatic heterocycles. The van der Waals surface area contributed by atoms with Crippen LogP contribution in [-0.4, -0.2) is 42.6 Å². The van der Waals surface area contributed by atoms with Crippen LogP contribution in [0.1, 0.15) is 36.0 Å². The lowest BCUT2D eigenvalue weighted by molar-refractivity contribution is -0.138. The molecule has 0 fully saturated rings. The van der Waals surface area contributed by atoms with Gasteiger partial charge in [0.2, 0.25) is 5.91 Å². The van der Waals surface area contributed by atoms with Gasteiger partial charge in [0.15, 0.2) is 0 Å². The highest BCUT2D eigenvalue weighted by atomic mass is 16.5. The molecule has 0 aliphatic carbocycles. The molecule has 0 saturated carbocycles. The standard InChI is InChI=1S/C17H25NO4/c1-12-10-14(22-4)11-13(2)15(12)6-5-7-16(19)18(3)9-8-17(20)21/h10-11H,5-9H2,1-4H3,(H,20,21). The van der Waals surface area contributed by atoms with Crippen molar-refractivity contribution in [2.45, 2.75) is 39.5 Å². The molecule has 0 radical (unpaired) electrons. The van der Waals surface area contributed by atoms with Crippen molar-refractivity contribution in [1.82, 2.24) is 4.90 Å². The number of methoxy groups -OCH3 is 1. The van der Waals surface area contributed by atoms with Gasteiger partial charge in [0, 0.05) is 20.0 Å². The minimum atomic E-state index is -0.885. The van der Waals surface area contributed by atoms with Gasteiger partial charge in [-0.15, -0.1) is 0 Å². The molecule has 0 unspecified atom stereocenters. The second-order valence-electron chi connectivity index (χ2n) is 5.55. The van der Waals surface area contributed by atoms with Crippen molar-refractivity contribution in [3.63, 3.8) is 0 Å². The maximum Gasteiger partial charge on any atom is 0.305 e. The van der Waals surface area contributed by atoms with E-state index in [2.05, 4.69) is 0 Å². The van der Waals surface area contributed by atoms with Crippen LogP contribution in [0.2, 0.25) is 0 Å². The summed E-state index contributed by atoms with van der Waals surface area (Å²) in [6.45, 7) is 4.35. The van der Waals surface area contributed by atoms with Crippen LogP contribution in [0.4, 0.5) is 0 Å². The molecule has 0 saturated heterocycles. The van der Waals surface area contributed by atoms with E-state index < -0.39 is 5.97 Å². The number of rotatable bonds is 8. The third kappa shape index (κ3) is 5.39. The predicted molar refractivity (Wildman–Crippen MR) is 85.3 cm³/mol. The number of hydrogen-bond donors (Lipinski definition) is 1. The smallest absolute Gasteiger partial charge is 0.305 e. The van der Waals surface area contributed by atoms with Gasteiger partial charge in [-0.2, -0.15) is 0 Å². The van der Waals surface area contributed by atoms with Gasteiger partial charge in [0.05, 0.1) is 13.5 Å². The molecule has 0 atom stereocenters. The van der Waals surface area contributed by atoms with E-state index in [0.29, 0.717) is 6.42 Å². The molecule has 0 bridgehead atoms. The summed E-state index contributed by atoms with van der Waals surface area (Å²) in [7, 11) is 3.30. The Labute approximate surface area is 131 Å². The van der Waals surface area contributed by atoms with Gasteiger partial charge < -0.3 is 14.7 Å². The Balaban J connectivity index is 2.50. The maximum atomic E-state index is 11.9. The highest BCUT2D eigenvalue weighted by Gasteiger charge is 2.11. The van der Waals surface area contributed by atoms with E-state index in [1.54, 1.807) is 14.2 Å².